The summed E-state index contributed by atoms with van der Waals surface area (Å²) in [6.45, 7) is 0. The first kappa shape index (κ1) is 29.9. The van der Waals surface area contributed by atoms with Gasteiger partial charge in [0.2, 0.25) is 5.89 Å². The second-order valence-corrected chi connectivity index (χ2v) is 13.1. The summed E-state index contributed by atoms with van der Waals surface area (Å²) < 4.78 is 6.63. The van der Waals surface area contributed by atoms with Gasteiger partial charge < -0.3 is 9.32 Å². The molecule has 10 aromatic rings. The van der Waals surface area contributed by atoms with E-state index in [1.54, 1.807) is 0 Å². The first-order chi connectivity index (χ1) is 25.8. The fourth-order valence-electron chi connectivity index (χ4n) is 7.63. The Morgan fingerprint density at radius 3 is 1.71 bits per heavy atom. The van der Waals surface area contributed by atoms with Crippen LogP contribution in [0.1, 0.15) is 0 Å². The number of oxazole rings is 1. The van der Waals surface area contributed by atoms with Crippen LogP contribution in [0.2, 0.25) is 0 Å². The maximum Gasteiger partial charge on any atom is 0.227 e. The van der Waals surface area contributed by atoms with Crippen LogP contribution in [0.3, 0.4) is 0 Å². The molecule has 0 amide bonds. The predicted molar refractivity (Wildman–Crippen MR) is 218 cm³/mol. The molecule has 0 spiro atoms. The van der Waals surface area contributed by atoms with Gasteiger partial charge in [-0.15, -0.1) is 0 Å². The van der Waals surface area contributed by atoms with Crippen LogP contribution in [0, 0.1) is 0 Å². The van der Waals surface area contributed by atoms with Crippen molar-refractivity contribution < 1.29 is 4.42 Å². The van der Waals surface area contributed by atoms with Crippen molar-refractivity contribution in [3.8, 4) is 33.7 Å². The Balaban J connectivity index is 1.24. The zero-order valence-electron chi connectivity index (χ0n) is 28.3. The fourth-order valence-corrected chi connectivity index (χ4v) is 7.63. The minimum Gasteiger partial charge on any atom is -0.435 e. The topological polar surface area (TPSA) is 29.3 Å². The van der Waals surface area contributed by atoms with Crippen LogP contribution in [0.25, 0.3) is 77.1 Å². The lowest BCUT2D eigenvalue weighted by molar-refractivity contribution is 0.623. The van der Waals surface area contributed by atoms with Gasteiger partial charge in [0.05, 0.1) is 11.4 Å². The molecule has 0 saturated heterocycles. The number of para-hydroxylation sites is 1. The molecule has 10 rings (SSSR count). The van der Waals surface area contributed by atoms with Crippen molar-refractivity contribution in [3.05, 3.63) is 194 Å². The van der Waals surface area contributed by atoms with Crippen molar-refractivity contribution in [2.75, 3.05) is 4.90 Å². The molecule has 3 nitrogen and oxygen atoms in total. The van der Waals surface area contributed by atoms with Gasteiger partial charge in [-0.25, -0.2) is 4.98 Å². The highest BCUT2D eigenvalue weighted by molar-refractivity contribution is 6.27. The third-order valence-electron chi connectivity index (χ3n) is 10.1. The minimum absolute atomic E-state index is 0.628. The number of fused-ring (bicyclic) bond motifs is 7. The highest BCUT2D eigenvalue weighted by Crippen LogP contribution is 2.46. The molecular weight excluding hydrogens is 633 g/mol. The van der Waals surface area contributed by atoms with Crippen molar-refractivity contribution >= 4 is 60.5 Å². The molecule has 0 aliphatic heterocycles. The monoisotopic (exact) mass is 664 g/mol. The second kappa shape index (κ2) is 12.4. The molecule has 1 heterocycles. The number of rotatable bonds is 6. The van der Waals surface area contributed by atoms with Gasteiger partial charge in [-0.3, -0.25) is 0 Å². The van der Waals surface area contributed by atoms with Crippen molar-refractivity contribution in [1.29, 1.82) is 0 Å². The third kappa shape index (κ3) is 5.02. The maximum atomic E-state index is 6.63. The van der Waals surface area contributed by atoms with Gasteiger partial charge in [0.1, 0.15) is 5.52 Å². The molecule has 0 atom stereocenters. The SMILES string of the molecule is c1ccc(-c2ccc(N(c3ccccc3-c3ccccc3)c3cccc4c3ccc3ccc5ccc6nc(-c7ccccc7)oc6c5c34)cc2)cc1. The molecule has 9 aromatic carbocycles. The van der Waals surface area contributed by atoms with E-state index in [1.807, 2.05) is 30.3 Å². The van der Waals surface area contributed by atoms with Crippen molar-refractivity contribution in [1.82, 2.24) is 4.98 Å². The summed E-state index contributed by atoms with van der Waals surface area (Å²) in [4.78, 5) is 7.35. The highest BCUT2D eigenvalue weighted by Gasteiger charge is 2.21. The van der Waals surface area contributed by atoms with Crippen LogP contribution in [0.4, 0.5) is 17.1 Å². The molecule has 0 N–H and O–H groups in total. The average Bonchev–Trinajstić information content (AvgIpc) is 3.67. The quantitative estimate of drug-likeness (QED) is 0.166. The standard InChI is InChI=1S/C49H32N2O/c1-4-13-33(14-5-1)34-25-29-39(30-26-34)51(44-21-11-10-19-40(44)35-15-6-2-7-16-35)45-22-12-20-42-41(45)31-27-36-23-24-37-28-32-43-48(47(37)46(36)42)52-49(50-43)38-17-8-3-9-18-38/h1-32H. The smallest absolute Gasteiger partial charge is 0.227 e. The van der Waals surface area contributed by atoms with Gasteiger partial charge in [-0.1, -0.05) is 152 Å². The number of aromatic nitrogens is 1. The van der Waals surface area contributed by atoms with E-state index in [0.29, 0.717) is 5.89 Å². The largest absolute Gasteiger partial charge is 0.435 e. The van der Waals surface area contributed by atoms with Crippen LogP contribution >= 0.6 is 0 Å². The Morgan fingerprint density at radius 1 is 0.385 bits per heavy atom. The molecule has 0 radical (unpaired) electrons. The number of benzene rings is 9. The van der Waals surface area contributed by atoms with Crippen LogP contribution in [-0.2, 0) is 0 Å². The van der Waals surface area contributed by atoms with E-state index in [2.05, 4.69) is 169 Å². The van der Waals surface area contributed by atoms with Crippen molar-refractivity contribution in [2.45, 2.75) is 0 Å². The molecule has 0 saturated carbocycles. The summed E-state index contributed by atoms with van der Waals surface area (Å²) in [6.07, 6.45) is 0. The summed E-state index contributed by atoms with van der Waals surface area (Å²) >= 11 is 0. The van der Waals surface area contributed by atoms with E-state index < -0.39 is 0 Å². The Hall–Kier alpha value is -6.97. The summed E-state index contributed by atoms with van der Waals surface area (Å²) in [6, 6.07) is 68.8. The number of anilines is 3. The number of hydrogen-bond acceptors (Lipinski definition) is 3. The van der Waals surface area contributed by atoms with E-state index >= 15 is 0 Å². The van der Waals surface area contributed by atoms with E-state index in [0.717, 1.165) is 71.6 Å². The molecule has 244 valence electrons. The number of hydrogen-bond donors (Lipinski definition) is 0. The molecule has 52 heavy (non-hydrogen) atoms. The average molecular weight is 665 g/mol. The lowest BCUT2D eigenvalue weighted by atomic mass is 9.94. The Morgan fingerprint density at radius 2 is 0.962 bits per heavy atom. The molecule has 0 fully saturated rings. The maximum absolute atomic E-state index is 6.63. The van der Waals surface area contributed by atoms with Gasteiger partial charge in [0.15, 0.2) is 5.58 Å². The summed E-state index contributed by atoms with van der Waals surface area (Å²) in [7, 11) is 0. The van der Waals surface area contributed by atoms with E-state index in [-0.39, 0.29) is 0 Å². The van der Waals surface area contributed by atoms with E-state index in [1.165, 1.54) is 16.7 Å². The van der Waals surface area contributed by atoms with Crippen LogP contribution in [0.15, 0.2) is 199 Å². The second-order valence-electron chi connectivity index (χ2n) is 13.1. The van der Waals surface area contributed by atoms with Crippen LogP contribution in [-0.4, -0.2) is 4.98 Å². The number of nitrogens with zero attached hydrogens (tertiary/aromatic N) is 2. The molecule has 3 heteroatoms. The normalized spacial score (nSPS) is 11.5. The van der Waals surface area contributed by atoms with Crippen LogP contribution < -0.4 is 4.90 Å². The predicted octanol–water partition coefficient (Wildman–Crippen LogP) is 13.8. The zero-order valence-corrected chi connectivity index (χ0v) is 28.3. The van der Waals surface area contributed by atoms with Gasteiger partial charge in [-0.05, 0) is 75.3 Å². The van der Waals surface area contributed by atoms with Crippen molar-refractivity contribution in [3.63, 3.8) is 0 Å². The van der Waals surface area contributed by atoms with E-state index in [9.17, 15) is 0 Å². The summed E-state index contributed by atoms with van der Waals surface area (Å²) in [5.74, 6) is 0.628. The molecule has 0 aliphatic rings. The van der Waals surface area contributed by atoms with E-state index in [4.69, 9.17) is 9.40 Å². The Bertz CT molecular complexity index is 2880. The van der Waals surface area contributed by atoms with Gasteiger partial charge in [0.25, 0.3) is 0 Å². The highest BCUT2D eigenvalue weighted by atomic mass is 16.3. The first-order valence-electron chi connectivity index (χ1n) is 17.6. The first-order valence-corrected chi connectivity index (χ1v) is 17.6. The van der Waals surface area contributed by atoms with Gasteiger partial charge in [-0.2, -0.15) is 0 Å². The fraction of sp³-hybridized carbons (Fsp3) is 0. The van der Waals surface area contributed by atoms with Gasteiger partial charge in [0, 0.05) is 33.0 Å². The molecule has 0 aliphatic carbocycles. The van der Waals surface area contributed by atoms with Gasteiger partial charge >= 0.3 is 0 Å². The zero-order chi connectivity index (χ0) is 34.4. The molecule has 0 bridgehead atoms. The lowest BCUT2D eigenvalue weighted by Gasteiger charge is -2.29. The molecular formula is C49H32N2O. The minimum atomic E-state index is 0.628. The third-order valence-corrected chi connectivity index (χ3v) is 10.1. The summed E-state index contributed by atoms with van der Waals surface area (Å²) in [5.41, 5.74) is 10.6. The Kier molecular flexibility index (Phi) is 7.14. The Labute approximate surface area is 301 Å². The molecule has 1 aromatic heterocycles. The van der Waals surface area contributed by atoms with Crippen molar-refractivity contribution in [2.24, 2.45) is 0 Å². The molecule has 0 unspecified atom stereocenters. The summed E-state index contributed by atoms with van der Waals surface area (Å²) in [5, 5.41) is 6.83. The van der Waals surface area contributed by atoms with Crippen LogP contribution in [0.5, 0.6) is 0 Å². The lowest BCUT2D eigenvalue weighted by Crippen LogP contribution is -2.11.